The Bertz CT molecular complexity index is 1170. The van der Waals surface area contributed by atoms with Crippen molar-refractivity contribution in [3.63, 3.8) is 0 Å². The Morgan fingerprint density at radius 2 is 1.84 bits per heavy atom. The molecule has 9 heteroatoms. The summed E-state index contributed by atoms with van der Waals surface area (Å²) in [5.74, 6) is 1.58. The second kappa shape index (κ2) is 10.1. The van der Waals surface area contributed by atoms with Crippen molar-refractivity contribution >= 4 is 29.0 Å². The summed E-state index contributed by atoms with van der Waals surface area (Å²) in [5.41, 5.74) is 2.38. The third-order valence-electron chi connectivity index (χ3n) is 5.05. The number of thiazole rings is 1. The number of pyridine rings is 1. The van der Waals surface area contributed by atoms with Gasteiger partial charge in [0.2, 0.25) is 0 Å². The molecule has 164 valence electrons. The van der Waals surface area contributed by atoms with Gasteiger partial charge in [0.15, 0.2) is 11.0 Å². The highest BCUT2D eigenvalue weighted by atomic mass is 32.2. The third kappa shape index (κ3) is 5.05. The Hall–Kier alpha value is -3.04. The summed E-state index contributed by atoms with van der Waals surface area (Å²) in [5, 5.41) is 15.3. The lowest BCUT2D eigenvalue weighted by atomic mass is 10.1. The van der Waals surface area contributed by atoms with Crippen LogP contribution in [0.2, 0.25) is 0 Å². The highest BCUT2D eigenvalue weighted by Gasteiger charge is 2.18. The number of hydrogen-bond donors (Lipinski definition) is 1. The van der Waals surface area contributed by atoms with Gasteiger partial charge in [0.1, 0.15) is 10.7 Å². The van der Waals surface area contributed by atoms with Crippen molar-refractivity contribution < 1.29 is 4.79 Å². The monoisotopic (exact) mass is 464 g/mol. The number of hydrogen-bond acceptors (Lipinski definition) is 7. The van der Waals surface area contributed by atoms with E-state index in [1.807, 2.05) is 59.3 Å². The fourth-order valence-electron chi connectivity index (χ4n) is 2.92. The van der Waals surface area contributed by atoms with Crippen LogP contribution in [0.15, 0.2) is 65.4 Å². The smallest absolute Gasteiger partial charge is 0.270 e. The molecule has 3 aromatic heterocycles. The largest absolute Gasteiger partial charge is 0.348 e. The normalized spacial score (nSPS) is 12.1. The maximum atomic E-state index is 12.4. The zero-order valence-corrected chi connectivity index (χ0v) is 19.7. The van der Waals surface area contributed by atoms with Crippen LogP contribution in [-0.2, 0) is 5.75 Å². The van der Waals surface area contributed by atoms with E-state index < -0.39 is 0 Å². The summed E-state index contributed by atoms with van der Waals surface area (Å²) in [4.78, 5) is 21.1. The van der Waals surface area contributed by atoms with Crippen LogP contribution in [-0.4, -0.2) is 36.7 Å². The van der Waals surface area contributed by atoms with Crippen molar-refractivity contribution in [1.82, 2.24) is 30.0 Å². The lowest BCUT2D eigenvalue weighted by molar-refractivity contribution is 0.0926. The SMILES string of the molecule is CC(C)C(C)NC(=O)c1csc(CSc2nnc(-c3ccncc3)n2-c2ccccc2)n1. The Balaban J connectivity index is 1.54. The quantitative estimate of drug-likeness (QED) is 0.375. The first-order valence-corrected chi connectivity index (χ1v) is 12.2. The van der Waals surface area contributed by atoms with E-state index in [1.54, 1.807) is 24.2 Å². The molecule has 0 aliphatic heterocycles. The van der Waals surface area contributed by atoms with Crippen molar-refractivity contribution in [1.29, 1.82) is 0 Å². The predicted molar refractivity (Wildman–Crippen MR) is 128 cm³/mol. The molecule has 0 saturated carbocycles. The molecule has 4 rings (SSSR count). The van der Waals surface area contributed by atoms with Gasteiger partial charge in [-0.05, 0) is 37.1 Å². The Kier molecular flexibility index (Phi) is 6.96. The molecular formula is C23H24N6OS2. The maximum Gasteiger partial charge on any atom is 0.270 e. The molecule has 7 nitrogen and oxygen atoms in total. The minimum Gasteiger partial charge on any atom is -0.348 e. The van der Waals surface area contributed by atoms with E-state index in [1.165, 1.54) is 11.3 Å². The molecule has 0 spiro atoms. The molecule has 0 bridgehead atoms. The van der Waals surface area contributed by atoms with Crippen molar-refractivity contribution in [2.75, 3.05) is 0 Å². The number of benzene rings is 1. The van der Waals surface area contributed by atoms with E-state index in [4.69, 9.17) is 0 Å². The number of carbonyl (C=O) groups is 1. The van der Waals surface area contributed by atoms with E-state index in [0.29, 0.717) is 17.4 Å². The molecule has 0 aliphatic rings. The number of amides is 1. The molecule has 3 heterocycles. The molecule has 1 amide bonds. The lowest BCUT2D eigenvalue weighted by Gasteiger charge is -2.16. The molecule has 32 heavy (non-hydrogen) atoms. The Morgan fingerprint density at radius 3 is 2.56 bits per heavy atom. The van der Waals surface area contributed by atoms with E-state index in [-0.39, 0.29) is 11.9 Å². The molecule has 1 atom stereocenters. The lowest BCUT2D eigenvalue weighted by Crippen LogP contribution is -2.36. The number of para-hydroxylation sites is 1. The van der Waals surface area contributed by atoms with Crippen molar-refractivity contribution in [2.45, 2.75) is 37.7 Å². The summed E-state index contributed by atoms with van der Waals surface area (Å²) in [7, 11) is 0. The van der Waals surface area contributed by atoms with Crippen LogP contribution in [0.5, 0.6) is 0 Å². The molecule has 0 saturated heterocycles. The van der Waals surface area contributed by atoms with E-state index >= 15 is 0 Å². The van der Waals surface area contributed by atoms with Gasteiger partial charge in [-0.1, -0.05) is 43.8 Å². The zero-order valence-electron chi connectivity index (χ0n) is 18.1. The first kappa shape index (κ1) is 22.2. The maximum absolute atomic E-state index is 12.4. The van der Waals surface area contributed by atoms with E-state index in [2.05, 4.69) is 39.3 Å². The Labute approximate surface area is 195 Å². The standard InChI is InChI=1S/C23H24N6OS2/c1-15(2)16(3)25-22(30)19-13-31-20(26-19)14-32-23-28-27-21(17-9-11-24-12-10-17)29(23)18-7-5-4-6-8-18/h4-13,15-16H,14H2,1-3H3,(H,25,30). The third-order valence-corrected chi connectivity index (χ3v) is 7.03. The summed E-state index contributed by atoms with van der Waals surface area (Å²) in [6.45, 7) is 6.16. The molecule has 0 aliphatic carbocycles. The fourth-order valence-corrected chi connectivity index (χ4v) is 4.66. The minimum atomic E-state index is -0.133. The summed E-state index contributed by atoms with van der Waals surface area (Å²) in [6, 6.07) is 13.9. The number of aromatic nitrogens is 5. The second-order valence-corrected chi connectivity index (χ2v) is 9.52. The van der Waals surface area contributed by atoms with Gasteiger partial charge in [-0.3, -0.25) is 14.3 Å². The molecule has 1 aromatic carbocycles. The Morgan fingerprint density at radius 1 is 1.09 bits per heavy atom. The molecular weight excluding hydrogens is 440 g/mol. The molecule has 1 unspecified atom stereocenters. The first-order valence-electron chi connectivity index (χ1n) is 10.3. The van der Waals surface area contributed by atoms with Crippen LogP contribution in [0.25, 0.3) is 17.1 Å². The van der Waals surface area contributed by atoms with Gasteiger partial charge in [0.05, 0.1) is 5.75 Å². The van der Waals surface area contributed by atoms with E-state index in [0.717, 1.165) is 27.2 Å². The zero-order chi connectivity index (χ0) is 22.5. The molecule has 0 fully saturated rings. The number of rotatable bonds is 8. The molecule has 1 N–H and O–H groups in total. The van der Waals surface area contributed by atoms with Gasteiger partial charge in [0.25, 0.3) is 5.91 Å². The van der Waals surface area contributed by atoms with Gasteiger partial charge in [-0.25, -0.2) is 4.98 Å². The number of nitrogens with zero attached hydrogens (tertiary/aromatic N) is 5. The highest BCUT2D eigenvalue weighted by molar-refractivity contribution is 7.98. The average Bonchev–Trinajstić information content (AvgIpc) is 3.46. The van der Waals surface area contributed by atoms with Crippen molar-refractivity contribution in [3.05, 3.63) is 70.9 Å². The molecule has 0 radical (unpaired) electrons. The number of nitrogens with one attached hydrogen (secondary N) is 1. The molecule has 4 aromatic rings. The number of carbonyl (C=O) groups excluding carboxylic acids is 1. The van der Waals surface area contributed by atoms with Crippen LogP contribution in [0.4, 0.5) is 0 Å². The van der Waals surface area contributed by atoms with Gasteiger partial charge in [0, 0.05) is 35.1 Å². The van der Waals surface area contributed by atoms with Crippen LogP contribution in [0, 0.1) is 5.92 Å². The number of thioether (sulfide) groups is 1. The topological polar surface area (TPSA) is 85.6 Å². The second-order valence-electron chi connectivity index (χ2n) is 7.63. The van der Waals surface area contributed by atoms with Crippen molar-refractivity contribution in [2.24, 2.45) is 5.92 Å². The summed E-state index contributed by atoms with van der Waals surface area (Å²) in [6.07, 6.45) is 3.49. The minimum absolute atomic E-state index is 0.0954. The van der Waals surface area contributed by atoms with Gasteiger partial charge in [-0.2, -0.15) is 0 Å². The van der Waals surface area contributed by atoms with Crippen LogP contribution < -0.4 is 5.32 Å². The summed E-state index contributed by atoms with van der Waals surface area (Å²) < 4.78 is 2.03. The van der Waals surface area contributed by atoms with E-state index in [9.17, 15) is 4.79 Å². The van der Waals surface area contributed by atoms with Crippen molar-refractivity contribution in [3.8, 4) is 17.1 Å². The first-order chi connectivity index (χ1) is 15.5. The average molecular weight is 465 g/mol. The highest BCUT2D eigenvalue weighted by Crippen LogP contribution is 2.30. The van der Waals surface area contributed by atoms with Gasteiger partial charge in [-0.15, -0.1) is 21.5 Å². The van der Waals surface area contributed by atoms with Gasteiger partial charge < -0.3 is 5.32 Å². The summed E-state index contributed by atoms with van der Waals surface area (Å²) >= 11 is 3.02. The van der Waals surface area contributed by atoms with Gasteiger partial charge >= 0.3 is 0 Å². The van der Waals surface area contributed by atoms with Crippen LogP contribution in [0.1, 0.15) is 36.3 Å². The van der Waals surface area contributed by atoms with Crippen LogP contribution >= 0.6 is 23.1 Å². The predicted octanol–water partition coefficient (Wildman–Crippen LogP) is 4.85. The fraction of sp³-hybridized carbons (Fsp3) is 0.261. The van der Waals surface area contributed by atoms with Crippen LogP contribution in [0.3, 0.4) is 0 Å².